The molecule has 1 atom stereocenters. The zero-order valence-corrected chi connectivity index (χ0v) is 15.2. The molecule has 22 heavy (non-hydrogen) atoms. The quantitative estimate of drug-likeness (QED) is 0.905. The van der Waals surface area contributed by atoms with Gasteiger partial charge in [-0.3, -0.25) is 0 Å². The lowest BCUT2D eigenvalue weighted by Gasteiger charge is -2.32. The van der Waals surface area contributed by atoms with Gasteiger partial charge < -0.3 is 10.1 Å². The molecule has 1 heterocycles. The molecule has 5 nitrogen and oxygen atoms in total. The average Bonchev–Trinajstić information content (AvgIpc) is 2.46. The number of methoxy groups -OCH3 is 1. The third-order valence-corrected chi connectivity index (χ3v) is 5.87. The van der Waals surface area contributed by atoms with Crippen LogP contribution in [0.1, 0.15) is 24.0 Å². The Bertz CT molecular complexity index is 619. The van der Waals surface area contributed by atoms with Gasteiger partial charge in [0, 0.05) is 19.1 Å². The van der Waals surface area contributed by atoms with Gasteiger partial charge in [0.25, 0.3) is 0 Å². The van der Waals surface area contributed by atoms with Crippen LogP contribution in [0.3, 0.4) is 0 Å². The second-order valence-electron chi connectivity index (χ2n) is 5.60. The standard InChI is InChI=1S/C15H24N2O3S.ClH/c1-11-8-12(2)15(20-4)14(9-11)21(18,19)17-7-5-6-13(10-17)16-3;/h8-9,13,16H,5-7,10H2,1-4H3;1H. The first-order valence-corrected chi connectivity index (χ1v) is 8.66. The summed E-state index contributed by atoms with van der Waals surface area (Å²) < 4.78 is 32.8. The monoisotopic (exact) mass is 348 g/mol. The van der Waals surface area contributed by atoms with Crippen molar-refractivity contribution in [3.05, 3.63) is 23.3 Å². The fourth-order valence-corrected chi connectivity index (χ4v) is 4.74. The van der Waals surface area contributed by atoms with Crippen molar-refractivity contribution in [3.63, 3.8) is 0 Å². The van der Waals surface area contributed by atoms with Crippen molar-refractivity contribution in [2.45, 2.75) is 37.6 Å². The lowest BCUT2D eigenvalue weighted by molar-refractivity contribution is 0.291. The Kier molecular flexibility index (Phi) is 6.67. The minimum atomic E-state index is -3.52. The number of likely N-dealkylation sites (N-methyl/N-ethyl adjacent to an activating group) is 1. The highest BCUT2D eigenvalue weighted by Crippen LogP contribution is 2.32. The molecule has 0 saturated carbocycles. The van der Waals surface area contributed by atoms with Gasteiger partial charge in [-0.25, -0.2) is 8.42 Å². The molecule has 2 rings (SSSR count). The molecular formula is C15H25ClN2O3S. The van der Waals surface area contributed by atoms with Crippen LogP contribution in [-0.4, -0.2) is 46.0 Å². The molecule has 1 N–H and O–H groups in total. The Morgan fingerprint density at radius 1 is 1.32 bits per heavy atom. The Labute approximate surface area is 139 Å². The summed E-state index contributed by atoms with van der Waals surface area (Å²) in [6.07, 6.45) is 1.88. The Morgan fingerprint density at radius 3 is 2.59 bits per heavy atom. The van der Waals surface area contributed by atoms with Crippen molar-refractivity contribution < 1.29 is 13.2 Å². The van der Waals surface area contributed by atoms with E-state index in [1.54, 1.807) is 10.4 Å². The molecule has 7 heteroatoms. The van der Waals surface area contributed by atoms with Crippen LogP contribution >= 0.6 is 12.4 Å². The number of sulfonamides is 1. The smallest absolute Gasteiger partial charge is 0.246 e. The van der Waals surface area contributed by atoms with E-state index in [-0.39, 0.29) is 23.3 Å². The summed E-state index contributed by atoms with van der Waals surface area (Å²) in [4.78, 5) is 0.277. The number of ether oxygens (including phenoxy) is 1. The lowest BCUT2D eigenvalue weighted by Crippen LogP contribution is -2.46. The van der Waals surface area contributed by atoms with Gasteiger partial charge in [-0.1, -0.05) is 6.07 Å². The van der Waals surface area contributed by atoms with Crippen LogP contribution in [0, 0.1) is 13.8 Å². The molecular weight excluding hydrogens is 324 g/mol. The fraction of sp³-hybridized carbons (Fsp3) is 0.600. The maximum atomic E-state index is 13.0. The average molecular weight is 349 g/mol. The Hall–Kier alpha value is -0.820. The molecule has 126 valence electrons. The third kappa shape index (κ3) is 3.74. The van der Waals surface area contributed by atoms with Crippen LogP contribution in [0.25, 0.3) is 0 Å². The zero-order chi connectivity index (χ0) is 15.6. The van der Waals surface area contributed by atoms with Crippen LogP contribution in [0.15, 0.2) is 17.0 Å². The minimum absolute atomic E-state index is 0. The maximum Gasteiger partial charge on any atom is 0.246 e. The molecule has 1 aliphatic rings. The van der Waals surface area contributed by atoms with Gasteiger partial charge in [0.2, 0.25) is 10.0 Å². The fourth-order valence-electron chi connectivity index (χ4n) is 2.90. The molecule has 1 fully saturated rings. The van der Waals surface area contributed by atoms with E-state index in [4.69, 9.17) is 4.74 Å². The van der Waals surface area contributed by atoms with Crippen LogP contribution in [-0.2, 0) is 10.0 Å². The number of rotatable bonds is 4. The molecule has 1 aliphatic heterocycles. The van der Waals surface area contributed by atoms with Crippen LogP contribution < -0.4 is 10.1 Å². The highest BCUT2D eigenvalue weighted by Gasteiger charge is 2.32. The van der Waals surface area contributed by atoms with Crippen molar-refractivity contribution in [3.8, 4) is 5.75 Å². The van der Waals surface area contributed by atoms with E-state index in [1.807, 2.05) is 27.0 Å². The summed E-state index contributed by atoms with van der Waals surface area (Å²) in [7, 11) is -0.134. The molecule has 0 spiro atoms. The highest BCUT2D eigenvalue weighted by atomic mass is 35.5. The first-order chi connectivity index (χ1) is 9.90. The van der Waals surface area contributed by atoms with E-state index >= 15 is 0 Å². The second kappa shape index (κ2) is 7.64. The van der Waals surface area contributed by atoms with Gasteiger partial charge in [-0.15, -0.1) is 12.4 Å². The predicted octanol–water partition coefficient (Wildman–Crippen LogP) is 2.11. The third-order valence-electron chi connectivity index (χ3n) is 4.00. The van der Waals surface area contributed by atoms with E-state index in [0.717, 1.165) is 24.0 Å². The van der Waals surface area contributed by atoms with Gasteiger partial charge in [0.1, 0.15) is 10.6 Å². The number of hydrogen-bond donors (Lipinski definition) is 1. The summed E-state index contributed by atoms with van der Waals surface area (Å²) in [5, 5.41) is 3.17. The van der Waals surface area contributed by atoms with Crippen molar-refractivity contribution in [1.29, 1.82) is 0 Å². The first-order valence-electron chi connectivity index (χ1n) is 7.22. The number of aryl methyl sites for hydroxylation is 2. The Balaban J connectivity index is 0.00000242. The second-order valence-corrected chi connectivity index (χ2v) is 7.51. The van der Waals surface area contributed by atoms with Gasteiger partial charge in [0.05, 0.1) is 7.11 Å². The number of benzene rings is 1. The van der Waals surface area contributed by atoms with Crippen LogP contribution in [0.4, 0.5) is 0 Å². The zero-order valence-electron chi connectivity index (χ0n) is 13.5. The largest absolute Gasteiger partial charge is 0.495 e. The SMILES string of the molecule is CNC1CCCN(S(=O)(=O)c2cc(C)cc(C)c2OC)C1.Cl. The van der Waals surface area contributed by atoms with E-state index in [0.29, 0.717) is 18.8 Å². The van der Waals surface area contributed by atoms with E-state index < -0.39 is 10.0 Å². The number of halogens is 1. The van der Waals surface area contributed by atoms with Crippen molar-refractivity contribution in [2.75, 3.05) is 27.2 Å². The maximum absolute atomic E-state index is 13.0. The number of nitrogens with zero attached hydrogens (tertiary/aromatic N) is 1. The summed E-state index contributed by atoms with van der Waals surface area (Å²) in [5.41, 5.74) is 1.77. The van der Waals surface area contributed by atoms with E-state index in [2.05, 4.69) is 5.32 Å². The summed E-state index contributed by atoms with van der Waals surface area (Å²) in [6, 6.07) is 3.85. The van der Waals surface area contributed by atoms with Crippen LogP contribution in [0.2, 0.25) is 0 Å². The molecule has 1 saturated heterocycles. The van der Waals surface area contributed by atoms with Gasteiger partial charge in [0.15, 0.2) is 0 Å². The molecule has 1 aromatic carbocycles. The first kappa shape index (κ1) is 19.2. The normalized spacial score (nSPS) is 19.5. The van der Waals surface area contributed by atoms with Gasteiger partial charge in [-0.2, -0.15) is 4.31 Å². The van der Waals surface area contributed by atoms with Crippen LogP contribution in [0.5, 0.6) is 5.75 Å². The summed E-state index contributed by atoms with van der Waals surface area (Å²) in [5.74, 6) is 0.451. The minimum Gasteiger partial charge on any atom is -0.495 e. The van der Waals surface area contributed by atoms with Crippen molar-refractivity contribution in [1.82, 2.24) is 9.62 Å². The van der Waals surface area contributed by atoms with Gasteiger partial charge >= 0.3 is 0 Å². The van der Waals surface area contributed by atoms with E-state index in [9.17, 15) is 8.42 Å². The number of piperidine rings is 1. The Morgan fingerprint density at radius 2 is 2.00 bits per heavy atom. The van der Waals surface area contributed by atoms with Crippen molar-refractivity contribution in [2.24, 2.45) is 0 Å². The highest BCUT2D eigenvalue weighted by molar-refractivity contribution is 7.89. The van der Waals surface area contributed by atoms with Crippen molar-refractivity contribution >= 4 is 22.4 Å². The number of hydrogen-bond acceptors (Lipinski definition) is 4. The molecule has 1 aromatic rings. The summed E-state index contributed by atoms with van der Waals surface area (Å²) in [6.45, 7) is 4.85. The molecule has 0 aromatic heterocycles. The van der Waals surface area contributed by atoms with Gasteiger partial charge in [-0.05, 0) is 50.9 Å². The number of nitrogens with one attached hydrogen (secondary N) is 1. The summed E-state index contributed by atoms with van der Waals surface area (Å²) >= 11 is 0. The molecule has 0 radical (unpaired) electrons. The molecule has 1 unspecified atom stereocenters. The molecule has 0 aliphatic carbocycles. The predicted molar refractivity (Wildman–Crippen MR) is 90.6 cm³/mol. The van der Waals surface area contributed by atoms with E-state index in [1.165, 1.54) is 7.11 Å². The topological polar surface area (TPSA) is 58.6 Å². The molecule has 0 bridgehead atoms. The molecule has 0 amide bonds. The lowest BCUT2D eigenvalue weighted by atomic mass is 10.1.